The number of amides is 1. The van der Waals surface area contributed by atoms with E-state index in [0.29, 0.717) is 30.3 Å². The lowest BCUT2D eigenvalue weighted by Gasteiger charge is -2.32. The molecule has 1 heterocycles. The second-order valence-corrected chi connectivity index (χ2v) is 9.05. The number of halogens is 1. The predicted molar refractivity (Wildman–Crippen MR) is 106 cm³/mol. The first-order chi connectivity index (χ1) is 11.9. The molecule has 0 radical (unpaired) electrons. The van der Waals surface area contributed by atoms with Crippen molar-refractivity contribution in [2.24, 2.45) is 11.7 Å². The lowest BCUT2D eigenvalue weighted by molar-refractivity contribution is 0.0908. The van der Waals surface area contributed by atoms with Crippen LogP contribution in [0.3, 0.4) is 0 Å². The Labute approximate surface area is 162 Å². The van der Waals surface area contributed by atoms with E-state index in [2.05, 4.69) is 5.32 Å². The normalized spacial score (nSPS) is 22.9. The minimum Gasteiger partial charge on any atom is -0.349 e. The van der Waals surface area contributed by atoms with Crippen LogP contribution < -0.4 is 15.4 Å². The monoisotopic (exact) mass is 401 g/mol. The van der Waals surface area contributed by atoms with Crippen molar-refractivity contribution < 1.29 is 13.2 Å². The summed E-state index contributed by atoms with van der Waals surface area (Å²) in [7, 11) is -3.29. The third kappa shape index (κ3) is 4.50. The van der Waals surface area contributed by atoms with Gasteiger partial charge in [0, 0.05) is 18.2 Å². The number of sulfonamides is 1. The molecule has 2 atom stereocenters. The van der Waals surface area contributed by atoms with Gasteiger partial charge in [-0.15, -0.1) is 12.4 Å². The molecule has 146 valence electrons. The van der Waals surface area contributed by atoms with Crippen LogP contribution in [-0.4, -0.2) is 39.7 Å². The maximum atomic E-state index is 12.7. The van der Waals surface area contributed by atoms with Crippen LogP contribution in [-0.2, 0) is 16.4 Å². The molecule has 2 aliphatic rings. The van der Waals surface area contributed by atoms with E-state index in [1.807, 2.05) is 6.07 Å². The highest BCUT2D eigenvalue weighted by Crippen LogP contribution is 2.30. The summed E-state index contributed by atoms with van der Waals surface area (Å²) < 4.78 is 25.3. The molecule has 3 rings (SSSR count). The number of rotatable bonds is 4. The first-order valence-corrected chi connectivity index (χ1v) is 10.9. The van der Waals surface area contributed by atoms with Gasteiger partial charge in [-0.1, -0.05) is 12.8 Å². The number of nitrogens with two attached hydrogens (primary N) is 1. The van der Waals surface area contributed by atoms with Crippen LogP contribution in [0, 0.1) is 5.92 Å². The highest BCUT2D eigenvalue weighted by atomic mass is 35.5. The number of nitrogens with zero attached hydrogens (tertiary/aromatic N) is 1. The third-order valence-electron chi connectivity index (χ3n) is 5.35. The summed E-state index contributed by atoms with van der Waals surface area (Å²) in [5, 5.41) is 3.13. The van der Waals surface area contributed by atoms with Crippen molar-refractivity contribution in [2.75, 3.05) is 23.7 Å². The Morgan fingerprint density at radius 3 is 2.69 bits per heavy atom. The van der Waals surface area contributed by atoms with Gasteiger partial charge in [-0.05, 0) is 61.9 Å². The van der Waals surface area contributed by atoms with E-state index in [9.17, 15) is 13.2 Å². The van der Waals surface area contributed by atoms with Gasteiger partial charge in [-0.25, -0.2) is 8.42 Å². The quantitative estimate of drug-likeness (QED) is 0.807. The van der Waals surface area contributed by atoms with Gasteiger partial charge in [-0.2, -0.15) is 0 Å². The molecule has 1 aliphatic heterocycles. The molecule has 1 aliphatic carbocycles. The van der Waals surface area contributed by atoms with Crippen molar-refractivity contribution in [3.05, 3.63) is 29.3 Å². The minimum absolute atomic E-state index is 0. The SMILES string of the molecule is CS(=O)(=O)N1CCCc2cc(C(=O)NC3CCCCC3CN)ccc21.Cl. The average Bonchev–Trinajstić information content (AvgIpc) is 2.60. The van der Waals surface area contributed by atoms with Crippen LogP contribution in [0.15, 0.2) is 18.2 Å². The molecule has 6 nitrogen and oxygen atoms in total. The van der Waals surface area contributed by atoms with Crippen LogP contribution in [0.1, 0.15) is 48.0 Å². The minimum atomic E-state index is -3.29. The summed E-state index contributed by atoms with van der Waals surface area (Å²) in [6.07, 6.45) is 7.11. The fourth-order valence-electron chi connectivity index (χ4n) is 3.98. The maximum Gasteiger partial charge on any atom is 0.251 e. The molecular formula is C18H28ClN3O3S. The van der Waals surface area contributed by atoms with Crippen LogP contribution >= 0.6 is 12.4 Å². The van der Waals surface area contributed by atoms with Crippen molar-refractivity contribution >= 4 is 34.0 Å². The van der Waals surface area contributed by atoms with Crippen molar-refractivity contribution in [2.45, 2.75) is 44.6 Å². The number of carbonyl (C=O) groups is 1. The molecule has 1 aromatic rings. The number of hydrogen-bond donors (Lipinski definition) is 2. The molecule has 0 saturated heterocycles. The molecule has 1 amide bonds. The predicted octanol–water partition coefficient (Wildman–Crippen LogP) is 2.07. The second-order valence-electron chi connectivity index (χ2n) is 7.14. The number of carbonyl (C=O) groups excluding carboxylic acids is 1. The van der Waals surface area contributed by atoms with Crippen LogP contribution in [0.25, 0.3) is 0 Å². The lowest BCUT2D eigenvalue weighted by Crippen LogP contribution is -2.44. The first-order valence-electron chi connectivity index (χ1n) is 9.01. The smallest absolute Gasteiger partial charge is 0.251 e. The zero-order valence-electron chi connectivity index (χ0n) is 15.1. The van der Waals surface area contributed by atoms with Crippen molar-refractivity contribution in [1.82, 2.24) is 5.32 Å². The van der Waals surface area contributed by atoms with Gasteiger partial charge in [0.1, 0.15) is 0 Å². The Morgan fingerprint density at radius 1 is 1.27 bits per heavy atom. The van der Waals surface area contributed by atoms with E-state index < -0.39 is 10.0 Å². The zero-order chi connectivity index (χ0) is 18.0. The Hall–Kier alpha value is -1.31. The van der Waals surface area contributed by atoms with E-state index in [1.165, 1.54) is 17.0 Å². The summed E-state index contributed by atoms with van der Waals surface area (Å²) in [5.41, 5.74) is 8.05. The molecule has 2 unspecified atom stereocenters. The summed E-state index contributed by atoms with van der Waals surface area (Å²) in [4.78, 5) is 12.7. The van der Waals surface area contributed by atoms with Gasteiger partial charge in [-0.3, -0.25) is 9.10 Å². The third-order valence-corrected chi connectivity index (χ3v) is 6.53. The van der Waals surface area contributed by atoms with Gasteiger partial charge in [0.2, 0.25) is 10.0 Å². The summed E-state index contributed by atoms with van der Waals surface area (Å²) in [6.45, 7) is 1.09. The van der Waals surface area contributed by atoms with E-state index in [0.717, 1.165) is 37.7 Å². The van der Waals surface area contributed by atoms with Gasteiger partial charge in [0.05, 0.1) is 11.9 Å². The molecular weight excluding hydrogens is 374 g/mol. The molecule has 3 N–H and O–H groups in total. The van der Waals surface area contributed by atoms with Gasteiger partial charge in [0.15, 0.2) is 0 Å². The van der Waals surface area contributed by atoms with E-state index in [1.54, 1.807) is 12.1 Å². The van der Waals surface area contributed by atoms with Crippen molar-refractivity contribution in [3.8, 4) is 0 Å². The highest BCUT2D eigenvalue weighted by molar-refractivity contribution is 7.92. The number of nitrogens with one attached hydrogen (secondary N) is 1. The van der Waals surface area contributed by atoms with Crippen LogP contribution in [0.2, 0.25) is 0 Å². The van der Waals surface area contributed by atoms with Gasteiger partial charge >= 0.3 is 0 Å². The Balaban J connectivity index is 0.00000243. The van der Waals surface area contributed by atoms with Gasteiger partial charge < -0.3 is 11.1 Å². The largest absolute Gasteiger partial charge is 0.349 e. The van der Waals surface area contributed by atoms with Crippen molar-refractivity contribution in [3.63, 3.8) is 0 Å². The number of aryl methyl sites for hydroxylation is 1. The van der Waals surface area contributed by atoms with E-state index >= 15 is 0 Å². The molecule has 0 bridgehead atoms. The number of hydrogen-bond acceptors (Lipinski definition) is 4. The fourth-order valence-corrected chi connectivity index (χ4v) is 4.98. The number of fused-ring (bicyclic) bond motifs is 1. The molecule has 1 aromatic carbocycles. The summed E-state index contributed by atoms with van der Waals surface area (Å²) >= 11 is 0. The zero-order valence-corrected chi connectivity index (χ0v) is 16.7. The maximum absolute atomic E-state index is 12.7. The molecule has 1 fully saturated rings. The average molecular weight is 402 g/mol. The second kappa shape index (κ2) is 8.59. The van der Waals surface area contributed by atoms with Gasteiger partial charge in [0.25, 0.3) is 5.91 Å². The van der Waals surface area contributed by atoms with E-state index in [-0.39, 0.29) is 24.4 Å². The van der Waals surface area contributed by atoms with Crippen LogP contribution in [0.5, 0.6) is 0 Å². The lowest BCUT2D eigenvalue weighted by atomic mass is 9.84. The van der Waals surface area contributed by atoms with Crippen LogP contribution in [0.4, 0.5) is 5.69 Å². The Morgan fingerprint density at radius 2 is 2.00 bits per heavy atom. The number of anilines is 1. The molecule has 0 spiro atoms. The first kappa shape index (κ1) is 21.0. The molecule has 8 heteroatoms. The Bertz CT molecular complexity index is 754. The summed E-state index contributed by atoms with van der Waals surface area (Å²) in [5.74, 6) is 0.251. The Kier molecular flexibility index (Phi) is 6.93. The molecule has 1 saturated carbocycles. The topological polar surface area (TPSA) is 92.5 Å². The molecule has 0 aromatic heterocycles. The highest BCUT2D eigenvalue weighted by Gasteiger charge is 2.27. The standard InChI is InChI=1S/C18H27N3O3S.ClH/c1-25(23,24)21-10-4-6-13-11-14(8-9-17(13)21)18(22)20-16-7-3-2-5-15(16)12-19;/h8-9,11,15-16H,2-7,10,12,19H2,1H3,(H,20,22);1H. The molecule has 26 heavy (non-hydrogen) atoms. The fraction of sp³-hybridized carbons (Fsp3) is 0.611. The summed E-state index contributed by atoms with van der Waals surface area (Å²) in [6, 6.07) is 5.45. The van der Waals surface area contributed by atoms with Crippen molar-refractivity contribution in [1.29, 1.82) is 0 Å². The number of benzene rings is 1. The van der Waals surface area contributed by atoms with E-state index in [4.69, 9.17) is 5.73 Å².